The van der Waals surface area contributed by atoms with Crippen molar-refractivity contribution in [2.24, 2.45) is 0 Å². The topological polar surface area (TPSA) is 53.1 Å². The summed E-state index contributed by atoms with van der Waals surface area (Å²) in [6.07, 6.45) is 0. The zero-order chi connectivity index (χ0) is 16.9. The molecule has 2 rings (SSSR count). The van der Waals surface area contributed by atoms with E-state index in [2.05, 4.69) is 38.7 Å². The van der Waals surface area contributed by atoms with Gasteiger partial charge < -0.3 is 15.5 Å². The number of aromatic nitrogens is 2. The van der Waals surface area contributed by atoms with Crippen molar-refractivity contribution in [3.63, 3.8) is 0 Å². The first-order valence-electron chi connectivity index (χ1n) is 7.59. The highest BCUT2D eigenvalue weighted by atomic mass is 32.1. The molecule has 0 fully saturated rings. The summed E-state index contributed by atoms with van der Waals surface area (Å²) in [7, 11) is 4.06. The van der Waals surface area contributed by atoms with E-state index in [1.54, 1.807) is 0 Å². The maximum Gasteiger partial charge on any atom is 0.236 e. The molecule has 0 saturated carbocycles. The van der Waals surface area contributed by atoms with Gasteiger partial charge in [-0.15, -0.1) is 0 Å². The molecule has 0 amide bonds. The van der Waals surface area contributed by atoms with Crippen LogP contribution in [0.3, 0.4) is 0 Å². The molecular weight excluding hydrogens is 313 g/mol. The van der Waals surface area contributed by atoms with Gasteiger partial charge in [0, 0.05) is 36.6 Å². The van der Waals surface area contributed by atoms with Crippen molar-refractivity contribution in [3.05, 3.63) is 35.6 Å². The number of halogens is 1. The lowest BCUT2D eigenvalue weighted by atomic mass is 9.85. The Morgan fingerprint density at radius 3 is 2.52 bits per heavy atom. The standard InChI is InChI=1S/C16H24FN5S/c1-16(2,12-5-7-13(17)8-6-12)11-19-15-20-14(21-23-15)18-9-10-22(3)4/h5-8H,9-11H2,1-4H3,(H2,18,19,20,21). The van der Waals surface area contributed by atoms with Crippen molar-refractivity contribution in [3.8, 4) is 0 Å². The van der Waals surface area contributed by atoms with Gasteiger partial charge in [-0.05, 0) is 31.8 Å². The van der Waals surface area contributed by atoms with E-state index in [4.69, 9.17) is 0 Å². The molecule has 0 atom stereocenters. The zero-order valence-corrected chi connectivity index (χ0v) is 14.9. The van der Waals surface area contributed by atoms with Gasteiger partial charge in [-0.25, -0.2) is 4.39 Å². The minimum Gasteiger partial charge on any atom is -0.359 e. The Morgan fingerprint density at radius 1 is 1.17 bits per heavy atom. The van der Waals surface area contributed by atoms with Gasteiger partial charge in [0.25, 0.3) is 0 Å². The van der Waals surface area contributed by atoms with Crippen LogP contribution in [0, 0.1) is 5.82 Å². The number of hydrogen-bond acceptors (Lipinski definition) is 6. The largest absolute Gasteiger partial charge is 0.359 e. The average molecular weight is 337 g/mol. The Balaban J connectivity index is 1.87. The lowest BCUT2D eigenvalue weighted by Gasteiger charge is -2.25. The molecule has 0 bridgehead atoms. The summed E-state index contributed by atoms with van der Waals surface area (Å²) in [5, 5.41) is 7.30. The van der Waals surface area contributed by atoms with Crippen LogP contribution in [-0.2, 0) is 5.41 Å². The predicted molar refractivity (Wildman–Crippen MR) is 94.9 cm³/mol. The Morgan fingerprint density at radius 2 is 1.87 bits per heavy atom. The van der Waals surface area contributed by atoms with Crippen LogP contribution in [0.15, 0.2) is 24.3 Å². The number of rotatable bonds is 8. The number of hydrogen-bond donors (Lipinski definition) is 2. The van der Waals surface area contributed by atoms with E-state index < -0.39 is 0 Å². The van der Waals surface area contributed by atoms with E-state index in [1.807, 2.05) is 26.2 Å². The molecule has 7 heteroatoms. The minimum absolute atomic E-state index is 0.127. The molecule has 0 aliphatic carbocycles. The van der Waals surface area contributed by atoms with Crippen molar-refractivity contribution in [1.29, 1.82) is 0 Å². The third kappa shape index (κ3) is 5.44. The molecule has 1 aromatic carbocycles. The highest BCUT2D eigenvalue weighted by molar-refractivity contribution is 7.09. The molecule has 0 saturated heterocycles. The molecule has 1 aromatic heterocycles. The maximum atomic E-state index is 13.0. The summed E-state index contributed by atoms with van der Waals surface area (Å²) < 4.78 is 17.3. The quantitative estimate of drug-likeness (QED) is 0.775. The summed E-state index contributed by atoms with van der Waals surface area (Å²) in [5.74, 6) is 0.439. The molecule has 0 spiro atoms. The van der Waals surface area contributed by atoms with Crippen LogP contribution >= 0.6 is 11.5 Å². The van der Waals surface area contributed by atoms with Crippen molar-refractivity contribution in [1.82, 2.24) is 14.3 Å². The van der Waals surface area contributed by atoms with Gasteiger partial charge in [0.2, 0.25) is 11.1 Å². The highest BCUT2D eigenvalue weighted by Crippen LogP contribution is 2.25. The van der Waals surface area contributed by atoms with Crippen LogP contribution in [0.5, 0.6) is 0 Å². The second-order valence-electron chi connectivity index (χ2n) is 6.40. The Kier molecular flexibility index (Phi) is 5.90. The number of nitrogens with one attached hydrogen (secondary N) is 2. The third-order valence-electron chi connectivity index (χ3n) is 3.58. The fraction of sp³-hybridized carbons (Fsp3) is 0.500. The smallest absolute Gasteiger partial charge is 0.236 e. The summed E-state index contributed by atoms with van der Waals surface area (Å²) in [5.41, 5.74) is 0.956. The average Bonchev–Trinajstić information content (AvgIpc) is 2.93. The fourth-order valence-electron chi connectivity index (χ4n) is 2.06. The number of nitrogens with zero attached hydrogens (tertiary/aromatic N) is 3. The van der Waals surface area contributed by atoms with Crippen molar-refractivity contribution < 1.29 is 4.39 Å². The molecule has 1 heterocycles. The maximum absolute atomic E-state index is 13.0. The van der Waals surface area contributed by atoms with E-state index in [-0.39, 0.29) is 11.2 Å². The fourth-order valence-corrected chi connectivity index (χ4v) is 2.60. The normalized spacial score (nSPS) is 11.7. The number of benzene rings is 1. The van der Waals surface area contributed by atoms with Crippen LogP contribution in [0.1, 0.15) is 19.4 Å². The lowest BCUT2D eigenvalue weighted by molar-refractivity contribution is 0.425. The van der Waals surface area contributed by atoms with Gasteiger partial charge in [0.15, 0.2) is 0 Å². The molecule has 0 aliphatic heterocycles. The lowest BCUT2D eigenvalue weighted by Crippen LogP contribution is -2.27. The molecule has 0 radical (unpaired) electrons. The molecule has 0 aliphatic rings. The molecule has 2 aromatic rings. The monoisotopic (exact) mass is 337 g/mol. The zero-order valence-electron chi connectivity index (χ0n) is 14.1. The first-order chi connectivity index (χ1) is 10.9. The summed E-state index contributed by atoms with van der Waals surface area (Å²) in [4.78, 5) is 6.53. The van der Waals surface area contributed by atoms with E-state index >= 15 is 0 Å². The SMILES string of the molecule is CN(C)CCNc1nsc(NCC(C)(C)c2ccc(F)cc2)n1. The Hall–Kier alpha value is -1.73. The van der Waals surface area contributed by atoms with Crippen LogP contribution in [-0.4, -0.2) is 48.0 Å². The Bertz CT molecular complexity index is 609. The molecule has 2 N–H and O–H groups in total. The van der Waals surface area contributed by atoms with E-state index in [9.17, 15) is 4.39 Å². The third-order valence-corrected chi connectivity index (χ3v) is 4.25. The van der Waals surface area contributed by atoms with Gasteiger partial charge in [0.05, 0.1) is 0 Å². The predicted octanol–water partition coefficient (Wildman–Crippen LogP) is 3.04. The minimum atomic E-state index is -0.213. The van der Waals surface area contributed by atoms with Crippen molar-refractivity contribution in [2.75, 3.05) is 44.4 Å². The summed E-state index contributed by atoms with van der Waals surface area (Å²) >= 11 is 1.34. The Labute approximate surface area is 141 Å². The molecule has 126 valence electrons. The van der Waals surface area contributed by atoms with Crippen LogP contribution in [0.25, 0.3) is 0 Å². The summed E-state index contributed by atoms with van der Waals surface area (Å²) in [6.45, 7) is 6.67. The molecule has 5 nitrogen and oxygen atoms in total. The molecule has 0 unspecified atom stereocenters. The highest BCUT2D eigenvalue weighted by Gasteiger charge is 2.21. The van der Waals surface area contributed by atoms with Crippen LogP contribution < -0.4 is 10.6 Å². The van der Waals surface area contributed by atoms with Gasteiger partial charge >= 0.3 is 0 Å². The first kappa shape index (κ1) is 17.6. The van der Waals surface area contributed by atoms with Gasteiger partial charge in [-0.2, -0.15) is 9.36 Å². The van der Waals surface area contributed by atoms with Crippen molar-refractivity contribution in [2.45, 2.75) is 19.3 Å². The molecule has 23 heavy (non-hydrogen) atoms. The molecular formula is C16H24FN5S. The van der Waals surface area contributed by atoms with E-state index in [1.165, 1.54) is 23.7 Å². The van der Waals surface area contributed by atoms with E-state index in [0.29, 0.717) is 12.5 Å². The number of likely N-dealkylation sites (N-methyl/N-ethyl adjacent to an activating group) is 1. The van der Waals surface area contributed by atoms with Gasteiger partial charge in [0.1, 0.15) is 5.82 Å². The van der Waals surface area contributed by atoms with Crippen LogP contribution in [0.4, 0.5) is 15.5 Å². The second kappa shape index (κ2) is 7.70. The number of anilines is 2. The first-order valence-corrected chi connectivity index (χ1v) is 8.36. The van der Waals surface area contributed by atoms with Crippen molar-refractivity contribution >= 4 is 22.6 Å². The van der Waals surface area contributed by atoms with Crippen LogP contribution in [0.2, 0.25) is 0 Å². The summed E-state index contributed by atoms with van der Waals surface area (Å²) in [6, 6.07) is 6.64. The van der Waals surface area contributed by atoms with E-state index in [0.717, 1.165) is 23.8 Å². The van der Waals surface area contributed by atoms with Gasteiger partial charge in [-0.1, -0.05) is 26.0 Å². The van der Waals surface area contributed by atoms with Gasteiger partial charge in [-0.3, -0.25) is 0 Å². The second-order valence-corrected chi connectivity index (χ2v) is 7.15.